The number of rotatable bonds is 9. The molecule has 0 radical (unpaired) electrons. The van der Waals surface area contributed by atoms with E-state index in [1.54, 1.807) is 18.6 Å². The van der Waals surface area contributed by atoms with Crippen LogP contribution >= 0.6 is 0 Å². The van der Waals surface area contributed by atoms with E-state index < -0.39 is 5.97 Å². The van der Waals surface area contributed by atoms with Crippen LogP contribution in [0.5, 0.6) is 0 Å². The molecule has 4 rings (SSSR count). The number of pyridine rings is 1. The van der Waals surface area contributed by atoms with Crippen molar-refractivity contribution in [2.75, 3.05) is 18.0 Å². The summed E-state index contributed by atoms with van der Waals surface area (Å²) < 4.78 is 0. The first-order valence-corrected chi connectivity index (χ1v) is 12.6. The zero-order valence-electron chi connectivity index (χ0n) is 19.8. The number of anilines is 1. The highest BCUT2D eigenvalue weighted by atomic mass is 16.4. The minimum absolute atomic E-state index is 0.0390. The van der Waals surface area contributed by atoms with E-state index in [0.717, 1.165) is 62.3 Å². The van der Waals surface area contributed by atoms with Crippen LogP contribution in [-0.4, -0.2) is 51.1 Å². The average Bonchev–Trinajstić information content (AvgIpc) is 2.85. The Morgan fingerprint density at radius 1 is 1.06 bits per heavy atom. The zero-order chi connectivity index (χ0) is 23.8. The molecule has 1 amide bonds. The summed E-state index contributed by atoms with van der Waals surface area (Å²) in [6, 6.07) is 4.07. The quantitative estimate of drug-likeness (QED) is 0.580. The van der Waals surface area contributed by atoms with E-state index in [1.807, 2.05) is 12.1 Å². The van der Waals surface area contributed by atoms with E-state index in [2.05, 4.69) is 20.2 Å². The molecule has 1 saturated carbocycles. The fourth-order valence-corrected chi connectivity index (χ4v) is 5.16. The van der Waals surface area contributed by atoms with Gasteiger partial charge in [-0.25, -0.2) is 4.98 Å². The molecular formula is C26H35N5O3. The van der Waals surface area contributed by atoms with E-state index in [9.17, 15) is 14.7 Å². The van der Waals surface area contributed by atoms with Gasteiger partial charge in [0.25, 0.3) is 5.91 Å². The number of aromatic nitrogens is 3. The third-order valence-electron chi connectivity index (χ3n) is 6.91. The Morgan fingerprint density at radius 3 is 2.68 bits per heavy atom. The molecule has 0 bridgehead atoms. The monoisotopic (exact) mass is 465 g/mol. The number of nitrogens with one attached hydrogen (secondary N) is 1. The zero-order valence-corrected chi connectivity index (χ0v) is 19.8. The molecule has 1 unspecified atom stereocenters. The van der Waals surface area contributed by atoms with Crippen LogP contribution < -0.4 is 10.2 Å². The third-order valence-corrected chi connectivity index (χ3v) is 6.91. The molecule has 0 aromatic carbocycles. The second kappa shape index (κ2) is 11.9. The fraction of sp³-hybridized carbons (Fsp3) is 0.577. The molecule has 182 valence electrons. The Kier molecular flexibility index (Phi) is 8.44. The van der Waals surface area contributed by atoms with Gasteiger partial charge in [0.05, 0.1) is 17.0 Å². The second-order valence-corrected chi connectivity index (χ2v) is 9.57. The molecule has 2 aliphatic rings. The van der Waals surface area contributed by atoms with Gasteiger partial charge in [0, 0.05) is 44.1 Å². The summed E-state index contributed by atoms with van der Waals surface area (Å²) in [5, 5.41) is 12.4. The SMILES string of the molecule is O=C(O)CC1CCCN(c2ccc(C(=O)NC3CCCCC3)c(CCCc3cnccn3)n2)C1. The molecule has 8 heteroatoms. The molecular weight excluding hydrogens is 430 g/mol. The number of carboxylic acid groups (broad SMARTS) is 1. The summed E-state index contributed by atoms with van der Waals surface area (Å²) in [4.78, 5) is 40.0. The normalized spacial score (nSPS) is 19.1. The number of nitrogens with zero attached hydrogens (tertiary/aromatic N) is 4. The van der Waals surface area contributed by atoms with Gasteiger partial charge in [-0.15, -0.1) is 0 Å². The maximum atomic E-state index is 13.2. The summed E-state index contributed by atoms with van der Waals surface area (Å²) in [5.74, 6) is 0.170. The van der Waals surface area contributed by atoms with Crippen molar-refractivity contribution in [2.24, 2.45) is 5.92 Å². The lowest BCUT2D eigenvalue weighted by atomic mass is 9.94. The highest BCUT2D eigenvalue weighted by molar-refractivity contribution is 5.95. The van der Waals surface area contributed by atoms with Crippen molar-refractivity contribution in [3.63, 3.8) is 0 Å². The average molecular weight is 466 g/mol. The standard InChI is InChI=1S/C26H35N5O3/c32-25(33)16-19-6-5-15-31(18-19)24-12-11-22(26(34)29-20-7-2-1-3-8-20)23(30-24)10-4-9-21-17-27-13-14-28-21/h11-14,17,19-20H,1-10,15-16,18H2,(H,29,34)(H,32,33). The summed E-state index contributed by atoms with van der Waals surface area (Å²) >= 11 is 0. The molecule has 2 N–H and O–H groups in total. The minimum Gasteiger partial charge on any atom is -0.481 e. The molecule has 1 aliphatic carbocycles. The van der Waals surface area contributed by atoms with Gasteiger partial charge in [-0.3, -0.25) is 19.6 Å². The Bertz CT molecular complexity index is 962. The molecule has 8 nitrogen and oxygen atoms in total. The Labute approximate surface area is 201 Å². The number of aliphatic carboxylic acids is 1. The molecule has 1 saturated heterocycles. The highest BCUT2D eigenvalue weighted by Gasteiger charge is 2.25. The maximum Gasteiger partial charge on any atom is 0.303 e. The number of carbonyl (C=O) groups excluding carboxylic acids is 1. The van der Waals surface area contributed by atoms with Crippen LogP contribution in [-0.2, 0) is 17.6 Å². The number of amides is 1. The molecule has 1 atom stereocenters. The number of aryl methyl sites for hydroxylation is 2. The fourth-order valence-electron chi connectivity index (χ4n) is 5.16. The molecule has 2 aromatic rings. The van der Waals surface area contributed by atoms with Gasteiger partial charge in [-0.05, 0) is 63.0 Å². The molecule has 2 fully saturated rings. The van der Waals surface area contributed by atoms with Gasteiger partial charge in [0.15, 0.2) is 0 Å². The van der Waals surface area contributed by atoms with Crippen molar-refractivity contribution >= 4 is 17.7 Å². The molecule has 3 heterocycles. The van der Waals surface area contributed by atoms with Gasteiger partial charge >= 0.3 is 5.97 Å². The third kappa shape index (κ3) is 6.74. The second-order valence-electron chi connectivity index (χ2n) is 9.57. The van der Waals surface area contributed by atoms with Crippen LogP contribution in [0.3, 0.4) is 0 Å². The lowest BCUT2D eigenvalue weighted by molar-refractivity contribution is -0.138. The van der Waals surface area contributed by atoms with Gasteiger partial charge in [0.2, 0.25) is 0 Å². The first-order chi connectivity index (χ1) is 16.6. The number of hydrogen-bond acceptors (Lipinski definition) is 6. The largest absolute Gasteiger partial charge is 0.481 e. The summed E-state index contributed by atoms with van der Waals surface area (Å²) in [6.07, 6.45) is 15.1. The number of piperidine rings is 1. The Balaban J connectivity index is 1.49. The molecule has 34 heavy (non-hydrogen) atoms. The van der Waals surface area contributed by atoms with Gasteiger partial charge in [-0.2, -0.15) is 0 Å². The van der Waals surface area contributed by atoms with Crippen molar-refractivity contribution < 1.29 is 14.7 Å². The van der Waals surface area contributed by atoms with Crippen molar-refractivity contribution in [1.29, 1.82) is 0 Å². The maximum absolute atomic E-state index is 13.2. The number of hydrogen-bond donors (Lipinski definition) is 2. The highest BCUT2D eigenvalue weighted by Crippen LogP contribution is 2.26. The van der Waals surface area contributed by atoms with Crippen molar-refractivity contribution in [3.05, 3.63) is 47.7 Å². The Morgan fingerprint density at radius 2 is 1.91 bits per heavy atom. The van der Waals surface area contributed by atoms with Crippen LogP contribution in [0.25, 0.3) is 0 Å². The minimum atomic E-state index is -0.751. The summed E-state index contributed by atoms with van der Waals surface area (Å²) in [5.41, 5.74) is 2.38. The molecule has 0 spiro atoms. The van der Waals surface area contributed by atoms with Crippen molar-refractivity contribution in [3.8, 4) is 0 Å². The van der Waals surface area contributed by atoms with Crippen LogP contribution in [0.4, 0.5) is 5.82 Å². The van der Waals surface area contributed by atoms with Crippen molar-refractivity contribution in [1.82, 2.24) is 20.3 Å². The predicted octanol–water partition coefficient (Wildman–Crippen LogP) is 3.80. The molecule has 2 aromatic heterocycles. The smallest absolute Gasteiger partial charge is 0.303 e. The lowest BCUT2D eigenvalue weighted by Gasteiger charge is -2.33. The summed E-state index contributed by atoms with van der Waals surface area (Å²) in [6.45, 7) is 1.54. The van der Waals surface area contributed by atoms with E-state index in [0.29, 0.717) is 18.5 Å². The first-order valence-electron chi connectivity index (χ1n) is 12.6. The summed E-state index contributed by atoms with van der Waals surface area (Å²) in [7, 11) is 0. The number of carbonyl (C=O) groups is 2. The van der Waals surface area contributed by atoms with E-state index >= 15 is 0 Å². The lowest BCUT2D eigenvalue weighted by Crippen LogP contribution is -2.38. The first kappa shape index (κ1) is 24.1. The van der Waals surface area contributed by atoms with Gasteiger partial charge in [0.1, 0.15) is 5.82 Å². The van der Waals surface area contributed by atoms with Crippen LogP contribution in [0.2, 0.25) is 0 Å². The molecule has 1 aliphatic heterocycles. The van der Waals surface area contributed by atoms with Gasteiger partial charge in [-0.1, -0.05) is 19.3 Å². The van der Waals surface area contributed by atoms with E-state index in [1.165, 1.54) is 19.3 Å². The number of carboxylic acids is 1. The van der Waals surface area contributed by atoms with E-state index in [4.69, 9.17) is 4.98 Å². The topological polar surface area (TPSA) is 108 Å². The predicted molar refractivity (Wildman–Crippen MR) is 130 cm³/mol. The van der Waals surface area contributed by atoms with E-state index in [-0.39, 0.29) is 24.3 Å². The van der Waals surface area contributed by atoms with Crippen LogP contribution in [0, 0.1) is 5.92 Å². The van der Waals surface area contributed by atoms with Crippen LogP contribution in [0.1, 0.15) is 79.5 Å². The van der Waals surface area contributed by atoms with Crippen molar-refractivity contribution in [2.45, 2.75) is 76.7 Å². The van der Waals surface area contributed by atoms with Gasteiger partial charge < -0.3 is 15.3 Å². The van der Waals surface area contributed by atoms with Crippen LogP contribution in [0.15, 0.2) is 30.7 Å². The Hall–Kier alpha value is -3.03.